The Balaban J connectivity index is 1.75. The van der Waals surface area contributed by atoms with E-state index in [2.05, 4.69) is 0 Å². The van der Waals surface area contributed by atoms with E-state index in [1.807, 2.05) is 6.92 Å². The third-order valence-electron chi connectivity index (χ3n) is 4.43. The summed E-state index contributed by atoms with van der Waals surface area (Å²) in [4.78, 5) is 23.7. The highest BCUT2D eigenvalue weighted by atomic mass is 32.2. The van der Waals surface area contributed by atoms with Crippen molar-refractivity contribution in [3.8, 4) is 5.75 Å². The average molecular weight is 389 g/mol. The van der Waals surface area contributed by atoms with Gasteiger partial charge in [0.25, 0.3) is 0 Å². The first-order valence-corrected chi connectivity index (χ1v) is 9.71. The monoisotopic (exact) mass is 389 g/mol. The number of hydrogen-bond acceptors (Lipinski definition) is 5. The molecule has 1 atom stereocenters. The summed E-state index contributed by atoms with van der Waals surface area (Å²) >= 11 is 0. The summed E-state index contributed by atoms with van der Waals surface area (Å²) in [6, 6.07) is 11.0. The number of sulfonamides is 1. The van der Waals surface area contributed by atoms with E-state index in [9.17, 15) is 18.0 Å². The molecule has 142 valence electrons. The summed E-state index contributed by atoms with van der Waals surface area (Å²) in [6.07, 6.45) is -0.793. The van der Waals surface area contributed by atoms with Crippen LogP contribution in [0, 0.1) is 6.92 Å². The third-order valence-corrected chi connectivity index (χ3v) is 6.25. The molecule has 1 heterocycles. The molecule has 0 saturated heterocycles. The van der Waals surface area contributed by atoms with Gasteiger partial charge in [-0.2, -0.15) is 4.31 Å². The van der Waals surface area contributed by atoms with Crippen LogP contribution < -0.4 is 4.74 Å². The average Bonchev–Trinajstić information content (AvgIpc) is 3.05. The topological polar surface area (TPSA) is 101 Å². The number of carboxylic acids is 1. The minimum Gasteiger partial charge on any atom is -0.478 e. The molecule has 0 aliphatic carbocycles. The van der Waals surface area contributed by atoms with Gasteiger partial charge in [-0.3, -0.25) is 4.79 Å². The van der Waals surface area contributed by atoms with Gasteiger partial charge in [0.05, 0.1) is 11.4 Å². The van der Waals surface area contributed by atoms with E-state index in [-0.39, 0.29) is 23.6 Å². The Morgan fingerprint density at radius 1 is 1.19 bits per heavy atom. The highest BCUT2D eigenvalue weighted by Gasteiger charge is 2.30. The van der Waals surface area contributed by atoms with Crippen molar-refractivity contribution < 1.29 is 27.9 Å². The Kier molecular flexibility index (Phi) is 5.03. The molecule has 2 aromatic rings. The molecule has 1 aliphatic rings. The number of carbonyl (C=O) groups excluding carboxylic acids is 1. The van der Waals surface area contributed by atoms with Gasteiger partial charge in [0.15, 0.2) is 11.9 Å². The fourth-order valence-corrected chi connectivity index (χ4v) is 3.96. The highest BCUT2D eigenvalue weighted by molar-refractivity contribution is 7.89. The van der Waals surface area contributed by atoms with Crippen LogP contribution in [0.2, 0.25) is 0 Å². The number of hydrogen-bond donors (Lipinski definition) is 1. The molecule has 1 N–H and O–H groups in total. The standard InChI is InChI=1S/C19H19NO6S/c1-12-3-6-15(7-4-12)27(24,25)20(2)11-16(21)13-5-8-17-14(9-13)10-18(26-17)19(22)23/h3-9,18H,10-11H2,1-2H3,(H,22,23). The van der Waals surface area contributed by atoms with Crippen LogP contribution in [0.1, 0.15) is 21.5 Å². The first kappa shape index (κ1) is 19.1. The lowest BCUT2D eigenvalue weighted by Crippen LogP contribution is -2.32. The van der Waals surface area contributed by atoms with Crippen molar-refractivity contribution in [1.29, 1.82) is 0 Å². The maximum Gasteiger partial charge on any atom is 0.345 e. The zero-order chi connectivity index (χ0) is 19.8. The van der Waals surface area contributed by atoms with Crippen molar-refractivity contribution in [2.24, 2.45) is 0 Å². The Hall–Kier alpha value is -2.71. The Morgan fingerprint density at radius 2 is 1.85 bits per heavy atom. The second-order valence-corrected chi connectivity index (χ2v) is 8.51. The van der Waals surface area contributed by atoms with Gasteiger partial charge in [-0.05, 0) is 42.8 Å². The van der Waals surface area contributed by atoms with Gasteiger partial charge in [0.2, 0.25) is 10.0 Å². The van der Waals surface area contributed by atoms with E-state index < -0.39 is 22.1 Å². The molecule has 1 aliphatic heterocycles. The van der Waals surface area contributed by atoms with Gasteiger partial charge >= 0.3 is 5.97 Å². The summed E-state index contributed by atoms with van der Waals surface area (Å²) in [7, 11) is -2.43. The van der Waals surface area contributed by atoms with Crippen molar-refractivity contribution in [1.82, 2.24) is 4.31 Å². The lowest BCUT2D eigenvalue weighted by molar-refractivity contribution is -0.144. The van der Waals surface area contributed by atoms with Gasteiger partial charge < -0.3 is 9.84 Å². The maximum atomic E-state index is 12.6. The van der Waals surface area contributed by atoms with Gasteiger partial charge in [0.1, 0.15) is 5.75 Å². The predicted octanol–water partition coefficient (Wildman–Crippen LogP) is 1.89. The molecule has 0 radical (unpaired) electrons. The van der Waals surface area contributed by atoms with Crippen LogP contribution in [0.25, 0.3) is 0 Å². The van der Waals surface area contributed by atoms with Gasteiger partial charge in [0, 0.05) is 19.0 Å². The van der Waals surface area contributed by atoms with Crippen molar-refractivity contribution in [3.63, 3.8) is 0 Å². The van der Waals surface area contributed by atoms with Crippen molar-refractivity contribution >= 4 is 21.8 Å². The molecular weight excluding hydrogens is 370 g/mol. The molecular formula is C19H19NO6S. The number of benzene rings is 2. The van der Waals surface area contributed by atoms with E-state index in [0.717, 1.165) is 9.87 Å². The van der Waals surface area contributed by atoms with Crippen LogP contribution in [-0.2, 0) is 21.2 Å². The Bertz CT molecular complexity index is 997. The second-order valence-electron chi connectivity index (χ2n) is 6.47. The third kappa shape index (κ3) is 3.86. The molecule has 1 unspecified atom stereocenters. The minimum atomic E-state index is -3.78. The molecule has 7 nitrogen and oxygen atoms in total. The van der Waals surface area contributed by atoms with Gasteiger partial charge in [-0.1, -0.05) is 17.7 Å². The fraction of sp³-hybridized carbons (Fsp3) is 0.263. The van der Waals surface area contributed by atoms with E-state index in [4.69, 9.17) is 9.84 Å². The minimum absolute atomic E-state index is 0.120. The van der Waals surface area contributed by atoms with Crippen LogP contribution in [0.4, 0.5) is 0 Å². The van der Waals surface area contributed by atoms with E-state index in [0.29, 0.717) is 16.9 Å². The van der Waals surface area contributed by atoms with Crippen LogP contribution >= 0.6 is 0 Å². The van der Waals surface area contributed by atoms with Crippen molar-refractivity contribution in [2.45, 2.75) is 24.3 Å². The quantitative estimate of drug-likeness (QED) is 0.757. The van der Waals surface area contributed by atoms with Crippen LogP contribution in [0.15, 0.2) is 47.4 Å². The number of ketones is 1. The molecule has 0 aromatic heterocycles. The molecule has 3 rings (SSSR count). The summed E-state index contributed by atoms with van der Waals surface area (Å²) in [6.45, 7) is 1.54. The molecule has 0 spiro atoms. The number of aryl methyl sites for hydroxylation is 1. The number of fused-ring (bicyclic) bond motifs is 1. The number of Topliss-reactive ketones (excluding diaryl/α,β-unsaturated/α-hetero) is 1. The predicted molar refractivity (Wildman–Crippen MR) is 97.5 cm³/mol. The molecule has 8 heteroatoms. The number of aliphatic carboxylic acids is 1. The number of ether oxygens (including phenoxy) is 1. The number of nitrogens with zero attached hydrogens (tertiary/aromatic N) is 1. The molecule has 27 heavy (non-hydrogen) atoms. The summed E-state index contributed by atoms with van der Waals surface area (Å²) in [5.41, 5.74) is 1.87. The summed E-state index contributed by atoms with van der Waals surface area (Å²) in [5, 5.41) is 9.03. The largest absolute Gasteiger partial charge is 0.478 e. The van der Waals surface area contributed by atoms with E-state index in [1.54, 1.807) is 24.3 Å². The maximum absolute atomic E-state index is 12.6. The highest BCUT2D eigenvalue weighted by Crippen LogP contribution is 2.30. The van der Waals surface area contributed by atoms with Crippen molar-refractivity contribution in [3.05, 3.63) is 59.2 Å². The Labute approximate surface area is 157 Å². The summed E-state index contributed by atoms with van der Waals surface area (Å²) < 4.78 is 31.5. The number of carbonyl (C=O) groups is 2. The first-order valence-electron chi connectivity index (χ1n) is 8.27. The molecule has 0 amide bonds. The van der Waals surface area contributed by atoms with E-state index in [1.165, 1.54) is 25.2 Å². The smallest absolute Gasteiger partial charge is 0.345 e. The van der Waals surface area contributed by atoms with E-state index >= 15 is 0 Å². The number of carboxylic acid groups (broad SMARTS) is 1. The van der Waals surface area contributed by atoms with Crippen LogP contribution in [0.5, 0.6) is 5.75 Å². The molecule has 0 bridgehead atoms. The molecule has 0 saturated carbocycles. The Morgan fingerprint density at radius 3 is 2.48 bits per heavy atom. The fourth-order valence-electron chi connectivity index (χ4n) is 2.83. The lowest BCUT2D eigenvalue weighted by Gasteiger charge is -2.16. The lowest BCUT2D eigenvalue weighted by atomic mass is 10.0. The van der Waals surface area contributed by atoms with Crippen LogP contribution in [-0.4, -0.2) is 49.3 Å². The van der Waals surface area contributed by atoms with Crippen LogP contribution in [0.3, 0.4) is 0 Å². The zero-order valence-electron chi connectivity index (χ0n) is 14.9. The molecule has 2 aromatic carbocycles. The second kappa shape index (κ2) is 7.13. The van der Waals surface area contributed by atoms with Gasteiger partial charge in [-0.25, -0.2) is 13.2 Å². The number of likely N-dealkylation sites (N-methyl/N-ethyl adjacent to an activating group) is 1. The zero-order valence-corrected chi connectivity index (χ0v) is 15.7. The first-order chi connectivity index (χ1) is 12.7. The summed E-state index contributed by atoms with van der Waals surface area (Å²) in [5.74, 6) is -1.02. The number of rotatable bonds is 6. The van der Waals surface area contributed by atoms with Crippen molar-refractivity contribution in [2.75, 3.05) is 13.6 Å². The normalized spacial score (nSPS) is 16.0. The SMILES string of the molecule is Cc1ccc(S(=O)(=O)N(C)CC(=O)c2ccc3c(c2)CC(C(=O)O)O3)cc1. The molecule has 0 fully saturated rings. The van der Waals surface area contributed by atoms with Gasteiger partial charge in [-0.15, -0.1) is 0 Å².